The van der Waals surface area contributed by atoms with Gasteiger partial charge in [-0.05, 0) is 108 Å². The molecule has 7 nitrogen and oxygen atoms in total. The summed E-state index contributed by atoms with van der Waals surface area (Å²) in [6, 6.07) is 16.8. The minimum absolute atomic E-state index is 0.00602. The Morgan fingerprint density at radius 1 is 0.585 bits per heavy atom. The fraction of sp³-hybridized carbons (Fsp3) is 0.561. The van der Waals surface area contributed by atoms with Crippen LogP contribution in [0.15, 0.2) is 48.5 Å². The van der Waals surface area contributed by atoms with Gasteiger partial charge in [-0.2, -0.15) is 8.42 Å². The number of benzene rings is 4. The molecule has 4 aromatic rings. The molecule has 0 saturated heterocycles. The second-order valence-corrected chi connectivity index (χ2v) is 26.1. The smallest absolute Gasteiger partial charge is 0.310 e. The van der Waals surface area contributed by atoms with E-state index in [0.717, 1.165) is 63.1 Å². The summed E-state index contributed by atoms with van der Waals surface area (Å²) in [6.45, 7) is 32.7. The standard InChI is InChI=1S/C57H76O7S/c1-16-19-63-50-38-20-34-24-43(52(2,3)4)26-36(48(34)59)22-40-30-46(55(11,12)13)31-41(51(40)64-65(61,62)33-57-18-17-42(32-47(57)58)56(57,14)15)23-37-27-44(53(5,6)7)25-35(49(37)60)21-39(50)29-45(28-38)54(8,9)10/h24-31,42,59-60H,16-23,32-33H2,1-15H3/t42-,57-/m0/s1. The van der Waals surface area contributed by atoms with Crippen LogP contribution >= 0.6 is 0 Å². The van der Waals surface area contributed by atoms with E-state index in [-0.39, 0.29) is 63.5 Å². The van der Waals surface area contributed by atoms with Gasteiger partial charge >= 0.3 is 10.1 Å². The maximum Gasteiger partial charge on any atom is 0.310 e. The van der Waals surface area contributed by atoms with Gasteiger partial charge in [0.05, 0.1) is 17.8 Å². The zero-order valence-electron chi connectivity index (χ0n) is 42.1. The van der Waals surface area contributed by atoms with Crippen molar-refractivity contribution >= 4 is 15.9 Å². The van der Waals surface area contributed by atoms with Crippen molar-refractivity contribution in [1.29, 1.82) is 0 Å². The van der Waals surface area contributed by atoms with Crippen LogP contribution in [-0.4, -0.2) is 36.8 Å². The first-order chi connectivity index (χ1) is 29.8. The lowest BCUT2D eigenvalue weighted by atomic mass is 9.70. The van der Waals surface area contributed by atoms with Crippen LogP contribution in [0.1, 0.15) is 196 Å². The minimum Gasteiger partial charge on any atom is -0.507 e. The molecule has 8 heteroatoms. The number of ketones is 1. The Morgan fingerprint density at radius 3 is 1.22 bits per heavy atom. The first-order valence-electron chi connectivity index (χ1n) is 24.0. The van der Waals surface area contributed by atoms with E-state index in [1.54, 1.807) is 0 Å². The fourth-order valence-corrected chi connectivity index (χ4v) is 12.5. The van der Waals surface area contributed by atoms with Gasteiger partial charge in [0.25, 0.3) is 0 Å². The Bertz CT molecular complexity index is 2520. The molecule has 0 aliphatic heterocycles. The van der Waals surface area contributed by atoms with Gasteiger partial charge in [0.2, 0.25) is 0 Å². The third-order valence-corrected chi connectivity index (χ3v) is 16.5. The Hall–Kier alpha value is -4.30. The Morgan fingerprint density at radius 2 is 0.923 bits per heavy atom. The van der Waals surface area contributed by atoms with Crippen molar-refractivity contribution in [3.8, 4) is 23.0 Å². The van der Waals surface area contributed by atoms with Crippen molar-refractivity contribution in [3.63, 3.8) is 0 Å². The summed E-state index contributed by atoms with van der Waals surface area (Å²) in [6.07, 6.45) is 3.66. The van der Waals surface area contributed by atoms with Gasteiger partial charge in [-0.1, -0.05) is 152 Å². The average molecular weight is 905 g/mol. The van der Waals surface area contributed by atoms with Crippen LogP contribution in [-0.2, 0) is 62.3 Å². The predicted molar refractivity (Wildman–Crippen MR) is 264 cm³/mol. The van der Waals surface area contributed by atoms with Crippen LogP contribution in [0.4, 0.5) is 0 Å². The van der Waals surface area contributed by atoms with Crippen LogP contribution in [0.2, 0.25) is 0 Å². The number of aromatic hydroxyl groups is 2. The molecule has 0 amide bonds. The van der Waals surface area contributed by atoms with Crippen molar-refractivity contribution in [2.75, 3.05) is 12.4 Å². The molecule has 4 aromatic carbocycles. The summed E-state index contributed by atoms with van der Waals surface area (Å²) in [5, 5.41) is 25.2. The zero-order chi connectivity index (χ0) is 48.0. The van der Waals surface area contributed by atoms with Gasteiger partial charge in [-0.15, -0.1) is 0 Å². The molecule has 2 fully saturated rings. The lowest BCUT2D eigenvalue weighted by molar-refractivity contribution is -0.128. The Kier molecular flexibility index (Phi) is 12.3. The van der Waals surface area contributed by atoms with E-state index in [2.05, 4.69) is 126 Å². The number of carbonyl (C=O) groups is 1. The molecular formula is C57H76O7S. The molecule has 2 atom stereocenters. The molecule has 3 aliphatic rings. The summed E-state index contributed by atoms with van der Waals surface area (Å²) in [7, 11) is -4.37. The lowest BCUT2D eigenvalue weighted by Crippen LogP contribution is -2.43. The van der Waals surface area contributed by atoms with E-state index >= 15 is 0 Å². The molecule has 10 bridgehead atoms. The third kappa shape index (κ3) is 9.36. The van der Waals surface area contributed by atoms with Crippen molar-refractivity contribution < 1.29 is 32.3 Å². The van der Waals surface area contributed by atoms with E-state index in [1.165, 1.54) is 0 Å². The molecule has 0 aromatic heterocycles. The summed E-state index contributed by atoms with van der Waals surface area (Å²) in [5.74, 6) is 1.02. The molecule has 3 aliphatic carbocycles. The van der Waals surface area contributed by atoms with Crippen molar-refractivity contribution in [3.05, 3.63) is 115 Å². The predicted octanol–water partition coefficient (Wildman–Crippen LogP) is 12.9. The second-order valence-electron chi connectivity index (χ2n) is 24.5. The quantitative estimate of drug-likeness (QED) is 0.157. The minimum atomic E-state index is -4.37. The molecule has 0 unspecified atom stereocenters. The van der Waals surface area contributed by atoms with Gasteiger partial charge in [-0.25, -0.2) is 0 Å². The maximum absolute atomic E-state index is 14.8. The monoisotopic (exact) mass is 905 g/mol. The largest absolute Gasteiger partial charge is 0.507 e. The molecular weight excluding hydrogens is 829 g/mol. The molecule has 2 saturated carbocycles. The van der Waals surface area contributed by atoms with Crippen LogP contribution in [0, 0.1) is 16.7 Å². The highest BCUT2D eigenvalue weighted by Gasteiger charge is 2.65. The molecule has 0 radical (unpaired) electrons. The van der Waals surface area contributed by atoms with Crippen LogP contribution in [0.5, 0.6) is 23.0 Å². The van der Waals surface area contributed by atoms with E-state index in [9.17, 15) is 23.4 Å². The molecule has 352 valence electrons. The van der Waals surface area contributed by atoms with Crippen LogP contribution in [0.25, 0.3) is 0 Å². The lowest BCUT2D eigenvalue weighted by Gasteiger charge is -2.36. The Balaban J connectivity index is 1.55. The number of rotatable bonds is 7. The molecule has 7 rings (SSSR count). The van der Waals surface area contributed by atoms with E-state index in [4.69, 9.17) is 8.92 Å². The van der Waals surface area contributed by atoms with Crippen molar-refractivity contribution in [1.82, 2.24) is 0 Å². The average Bonchev–Trinajstić information content (AvgIpc) is 3.50. The van der Waals surface area contributed by atoms with Gasteiger partial charge < -0.3 is 19.1 Å². The number of ether oxygens (including phenoxy) is 1. The SMILES string of the molecule is CCCOc1c2cc(C(C)(C)C)cc1Cc1cc(C(C)(C)C)cc(c1O)Cc1cc(C(C)(C)C)cc(c1OS(=O)(=O)C[C@@]13CC[C@@H](CC1=O)C3(C)C)Cc1cc(C(C)(C)C)cc(c1O)C2. The number of fused-ring (bicyclic) bond motifs is 10. The highest BCUT2D eigenvalue weighted by molar-refractivity contribution is 7.87. The topological polar surface area (TPSA) is 110 Å². The van der Waals surface area contributed by atoms with Gasteiger partial charge in [0.1, 0.15) is 28.8 Å². The summed E-state index contributed by atoms with van der Waals surface area (Å²) < 4.78 is 42.9. The Labute approximate surface area is 390 Å². The van der Waals surface area contributed by atoms with E-state index < -0.39 is 26.7 Å². The number of hydrogen-bond donors (Lipinski definition) is 2. The third-order valence-electron chi connectivity index (χ3n) is 15.2. The second kappa shape index (κ2) is 16.5. The molecule has 65 heavy (non-hydrogen) atoms. The first-order valence-corrected chi connectivity index (χ1v) is 25.5. The number of carbonyl (C=O) groups excluding carboxylic acids is 1. The van der Waals surface area contributed by atoms with Crippen LogP contribution in [0.3, 0.4) is 0 Å². The molecule has 0 heterocycles. The number of phenolic OH excluding ortho intramolecular Hbond substituents is 2. The van der Waals surface area contributed by atoms with Gasteiger partial charge in [0, 0.05) is 43.2 Å². The van der Waals surface area contributed by atoms with Crippen molar-refractivity contribution in [2.45, 2.75) is 177 Å². The van der Waals surface area contributed by atoms with E-state index in [1.807, 2.05) is 26.0 Å². The number of phenols is 2. The summed E-state index contributed by atoms with van der Waals surface area (Å²) in [5.41, 5.74) is 7.49. The first kappa shape index (κ1) is 48.6. The van der Waals surface area contributed by atoms with E-state index in [0.29, 0.717) is 54.5 Å². The number of Topliss-reactive ketones (excluding diaryl/α,β-unsaturated/α-hetero) is 1. The highest BCUT2D eigenvalue weighted by Crippen LogP contribution is 2.64. The fourth-order valence-electron chi connectivity index (χ4n) is 10.7. The normalized spacial score (nSPS) is 20.0. The van der Waals surface area contributed by atoms with Crippen molar-refractivity contribution in [2.24, 2.45) is 16.7 Å². The summed E-state index contributed by atoms with van der Waals surface area (Å²) >= 11 is 0. The summed E-state index contributed by atoms with van der Waals surface area (Å²) in [4.78, 5) is 13.7. The molecule has 2 N–H and O–H groups in total. The molecule has 0 spiro atoms. The van der Waals surface area contributed by atoms with Gasteiger partial charge in [-0.3, -0.25) is 4.79 Å². The van der Waals surface area contributed by atoms with Crippen LogP contribution < -0.4 is 8.92 Å². The number of hydrogen-bond acceptors (Lipinski definition) is 7. The van der Waals surface area contributed by atoms with Gasteiger partial charge in [0.15, 0.2) is 0 Å². The highest BCUT2D eigenvalue weighted by atomic mass is 32.2. The zero-order valence-corrected chi connectivity index (χ0v) is 42.9. The maximum atomic E-state index is 14.8.